The fourth-order valence-electron chi connectivity index (χ4n) is 1.91. The Morgan fingerprint density at radius 1 is 0.636 bits per heavy atom. The van der Waals surface area contributed by atoms with Gasteiger partial charge in [0.1, 0.15) is 0 Å². The molecule has 3 nitrogen and oxygen atoms in total. The normalized spacial score (nSPS) is 9.27. The number of carboxylic acid groups (broad SMARTS) is 1. The maximum Gasteiger partial charge on any atom is 0.409 e. The van der Waals surface area contributed by atoms with Gasteiger partial charge in [-0.2, -0.15) is 0 Å². The number of anilines is 1. The molecule has 2 N–H and O–H groups in total. The Labute approximate surface area is 129 Å². The van der Waals surface area contributed by atoms with Crippen molar-refractivity contribution in [2.45, 2.75) is 0 Å². The monoisotopic (exact) mass is 291 g/mol. The Morgan fingerprint density at radius 3 is 1.36 bits per heavy atom. The number of hydrogen-bond donors (Lipinski definition) is 2. The van der Waals surface area contributed by atoms with E-state index in [0.717, 1.165) is 0 Å². The summed E-state index contributed by atoms with van der Waals surface area (Å²) in [6.07, 6.45) is -1.04. The first-order chi connectivity index (χ1) is 10.8. The van der Waals surface area contributed by atoms with Crippen LogP contribution in [0.5, 0.6) is 0 Å². The van der Waals surface area contributed by atoms with Crippen LogP contribution >= 0.6 is 0 Å². The molecule has 0 aliphatic rings. The molecule has 0 spiro atoms. The summed E-state index contributed by atoms with van der Waals surface area (Å²) in [5.74, 6) is 0. The van der Waals surface area contributed by atoms with Crippen LogP contribution in [-0.2, 0) is 0 Å². The van der Waals surface area contributed by atoms with Crippen molar-refractivity contribution in [1.82, 2.24) is 0 Å². The van der Waals surface area contributed by atoms with E-state index in [1.807, 2.05) is 18.2 Å². The van der Waals surface area contributed by atoms with E-state index in [1.165, 1.54) is 11.1 Å². The van der Waals surface area contributed by atoms with Crippen molar-refractivity contribution in [3.63, 3.8) is 0 Å². The van der Waals surface area contributed by atoms with Gasteiger partial charge in [-0.1, -0.05) is 78.9 Å². The SMILES string of the molecule is O=C(O)Nc1ccccc1.c1ccc(-c2ccccc2)cc1. The van der Waals surface area contributed by atoms with Crippen molar-refractivity contribution >= 4 is 11.8 Å². The second-order valence-electron chi connectivity index (χ2n) is 4.53. The van der Waals surface area contributed by atoms with Gasteiger partial charge in [-0.3, -0.25) is 5.32 Å². The van der Waals surface area contributed by atoms with Crippen LogP contribution in [0.1, 0.15) is 0 Å². The van der Waals surface area contributed by atoms with E-state index >= 15 is 0 Å². The van der Waals surface area contributed by atoms with E-state index in [2.05, 4.69) is 53.8 Å². The van der Waals surface area contributed by atoms with Crippen molar-refractivity contribution in [1.29, 1.82) is 0 Å². The summed E-state index contributed by atoms with van der Waals surface area (Å²) in [6.45, 7) is 0. The smallest absolute Gasteiger partial charge is 0.409 e. The predicted molar refractivity (Wildman–Crippen MR) is 90.0 cm³/mol. The lowest BCUT2D eigenvalue weighted by Gasteiger charge is -1.98. The molecule has 3 rings (SSSR count). The number of hydrogen-bond acceptors (Lipinski definition) is 1. The van der Waals surface area contributed by atoms with E-state index < -0.39 is 6.09 Å². The predicted octanol–water partition coefficient (Wildman–Crippen LogP) is 5.13. The lowest BCUT2D eigenvalue weighted by molar-refractivity contribution is 0.210. The Bertz CT molecular complexity index is 645. The van der Waals surface area contributed by atoms with Crippen LogP contribution in [0.3, 0.4) is 0 Å². The molecule has 0 aromatic heterocycles. The average Bonchev–Trinajstić information content (AvgIpc) is 2.57. The maximum absolute atomic E-state index is 10.1. The first-order valence-electron chi connectivity index (χ1n) is 6.91. The zero-order chi connectivity index (χ0) is 15.6. The quantitative estimate of drug-likeness (QED) is 0.687. The molecule has 0 saturated carbocycles. The van der Waals surface area contributed by atoms with E-state index in [0.29, 0.717) is 5.69 Å². The minimum absolute atomic E-state index is 0.593. The lowest BCUT2D eigenvalue weighted by Crippen LogP contribution is -2.06. The maximum atomic E-state index is 10.1. The Hall–Kier alpha value is -3.07. The Balaban J connectivity index is 0.000000164. The van der Waals surface area contributed by atoms with E-state index in [4.69, 9.17) is 5.11 Å². The fourth-order valence-corrected chi connectivity index (χ4v) is 1.91. The van der Waals surface area contributed by atoms with Gasteiger partial charge in [-0.05, 0) is 23.3 Å². The Morgan fingerprint density at radius 2 is 1.00 bits per heavy atom. The van der Waals surface area contributed by atoms with Crippen molar-refractivity contribution in [2.24, 2.45) is 0 Å². The van der Waals surface area contributed by atoms with Crippen molar-refractivity contribution < 1.29 is 9.90 Å². The molecule has 22 heavy (non-hydrogen) atoms. The molecule has 0 saturated heterocycles. The van der Waals surface area contributed by atoms with Gasteiger partial charge in [0.25, 0.3) is 0 Å². The molecule has 3 aromatic rings. The van der Waals surface area contributed by atoms with E-state index in [1.54, 1.807) is 24.3 Å². The molecule has 0 fully saturated rings. The van der Waals surface area contributed by atoms with Gasteiger partial charge in [0.15, 0.2) is 0 Å². The minimum atomic E-state index is -1.04. The van der Waals surface area contributed by atoms with Gasteiger partial charge in [-0.25, -0.2) is 4.79 Å². The largest absolute Gasteiger partial charge is 0.465 e. The highest BCUT2D eigenvalue weighted by Gasteiger charge is 1.93. The third-order valence-electron chi connectivity index (χ3n) is 2.91. The number of para-hydroxylation sites is 1. The lowest BCUT2D eigenvalue weighted by atomic mass is 10.1. The highest BCUT2D eigenvalue weighted by Crippen LogP contribution is 2.17. The fraction of sp³-hybridized carbons (Fsp3) is 0. The molecule has 0 aliphatic carbocycles. The van der Waals surface area contributed by atoms with Crippen molar-refractivity contribution in [2.75, 3.05) is 5.32 Å². The number of nitrogens with one attached hydrogen (secondary N) is 1. The van der Waals surface area contributed by atoms with Crippen LogP contribution in [0.2, 0.25) is 0 Å². The topological polar surface area (TPSA) is 49.3 Å². The first kappa shape index (κ1) is 15.3. The summed E-state index contributed by atoms with van der Waals surface area (Å²) in [5.41, 5.74) is 3.14. The zero-order valence-corrected chi connectivity index (χ0v) is 12.0. The second kappa shape index (κ2) is 8.27. The van der Waals surface area contributed by atoms with E-state index in [9.17, 15) is 4.79 Å². The number of benzene rings is 3. The highest BCUT2D eigenvalue weighted by atomic mass is 16.4. The first-order valence-corrected chi connectivity index (χ1v) is 6.91. The molecule has 0 atom stereocenters. The molecule has 0 unspecified atom stereocenters. The molecule has 0 aliphatic heterocycles. The van der Waals surface area contributed by atoms with Gasteiger partial charge in [0, 0.05) is 5.69 Å². The minimum Gasteiger partial charge on any atom is -0.465 e. The molecule has 0 radical (unpaired) electrons. The Kier molecular flexibility index (Phi) is 5.76. The standard InChI is InChI=1S/C12H10.C7H7NO2/c1-3-7-11(8-4-1)12-9-5-2-6-10-12;9-7(10)8-6-4-2-1-3-5-6/h1-10H;1-5,8H,(H,9,10). The molecule has 110 valence electrons. The van der Waals surface area contributed by atoms with E-state index in [-0.39, 0.29) is 0 Å². The highest BCUT2D eigenvalue weighted by molar-refractivity contribution is 5.82. The van der Waals surface area contributed by atoms with Crippen molar-refractivity contribution in [3.8, 4) is 11.1 Å². The summed E-state index contributed by atoms with van der Waals surface area (Å²) in [4.78, 5) is 10.1. The third kappa shape index (κ3) is 5.13. The number of amides is 1. The molecule has 1 amide bonds. The molecule has 0 heterocycles. The van der Waals surface area contributed by atoms with Crippen LogP contribution in [0, 0.1) is 0 Å². The summed E-state index contributed by atoms with van der Waals surface area (Å²) >= 11 is 0. The zero-order valence-electron chi connectivity index (χ0n) is 12.0. The van der Waals surface area contributed by atoms with Crippen LogP contribution < -0.4 is 5.32 Å². The summed E-state index contributed by atoms with van der Waals surface area (Å²) in [7, 11) is 0. The molecular formula is C19H17NO2. The van der Waals surface area contributed by atoms with Crippen LogP contribution in [0.4, 0.5) is 10.5 Å². The molecule has 3 aromatic carbocycles. The van der Waals surface area contributed by atoms with Gasteiger partial charge in [0.05, 0.1) is 0 Å². The summed E-state index contributed by atoms with van der Waals surface area (Å²) in [6, 6.07) is 29.5. The van der Waals surface area contributed by atoms with Crippen LogP contribution in [-0.4, -0.2) is 11.2 Å². The van der Waals surface area contributed by atoms with Crippen LogP contribution in [0.15, 0.2) is 91.0 Å². The third-order valence-corrected chi connectivity index (χ3v) is 2.91. The summed E-state index contributed by atoms with van der Waals surface area (Å²) in [5, 5.41) is 10.5. The molecule has 3 heteroatoms. The van der Waals surface area contributed by atoms with Gasteiger partial charge < -0.3 is 5.11 Å². The van der Waals surface area contributed by atoms with Crippen LogP contribution in [0.25, 0.3) is 11.1 Å². The van der Waals surface area contributed by atoms with Gasteiger partial charge >= 0.3 is 6.09 Å². The molecular weight excluding hydrogens is 274 g/mol. The van der Waals surface area contributed by atoms with Gasteiger partial charge in [0.2, 0.25) is 0 Å². The number of carbonyl (C=O) groups is 1. The summed E-state index contributed by atoms with van der Waals surface area (Å²) < 4.78 is 0. The molecule has 0 bridgehead atoms. The van der Waals surface area contributed by atoms with Gasteiger partial charge in [-0.15, -0.1) is 0 Å². The van der Waals surface area contributed by atoms with Crippen molar-refractivity contribution in [3.05, 3.63) is 91.0 Å². The number of rotatable bonds is 2. The average molecular weight is 291 g/mol. The second-order valence-corrected chi connectivity index (χ2v) is 4.53.